The van der Waals surface area contributed by atoms with Crippen LogP contribution in [0.3, 0.4) is 0 Å². The summed E-state index contributed by atoms with van der Waals surface area (Å²) in [5.41, 5.74) is 5.10. The van der Waals surface area contributed by atoms with Crippen molar-refractivity contribution in [3.05, 3.63) is 34.3 Å². The van der Waals surface area contributed by atoms with Gasteiger partial charge in [-0.15, -0.1) is 0 Å². The number of amides is 4. The molecule has 2 heterocycles. The van der Waals surface area contributed by atoms with Gasteiger partial charge in [-0.2, -0.15) is 0 Å². The summed E-state index contributed by atoms with van der Waals surface area (Å²) in [5.74, 6) is -0.848. The Balaban J connectivity index is 1.39. The average Bonchev–Trinajstić information content (AvgIpc) is 3.08. The lowest BCUT2D eigenvalue weighted by molar-refractivity contribution is -0.122. The van der Waals surface area contributed by atoms with Crippen molar-refractivity contribution in [2.75, 3.05) is 5.75 Å². The zero-order valence-corrected chi connectivity index (χ0v) is 17.3. The Morgan fingerprint density at radius 3 is 2.64 bits per heavy atom. The number of sulfone groups is 1. The first-order valence-corrected chi connectivity index (χ1v) is 11.4. The van der Waals surface area contributed by atoms with Crippen LogP contribution in [0.25, 0.3) is 0 Å². The van der Waals surface area contributed by atoms with Crippen molar-refractivity contribution in [3.8, 4) is 0 Å². The van der Waals surface area contributed by atoms with E-state index in [2.05, 4.69) is 37.4 Å². The van der Waals surface area contributed by atoms with Crippen LogP contribution in [0.15, 0.2) is 28.7 Å². The predicted molar refractivity (Wildman–Crippen MR) is 105 cm³/mol. The number of benzene rings is 1. The molecule has 0 aliphatic carbocycles. The molecule has 0 spiro atoms. The topological polar surface area (TPSA) is 133 Å². The largest absolute Gasteiger partial charge is 0.332 e. The van der Waals surface area contributed by atoms with Gasteiger partial charge in [0.05, 0.1) is 28.6 Å². The van der Waals surface area contributed by atoms with Gasteiger partial charge >= 0.3 is 6.03 Å². The summed E-state index contributed by atoms with van der Waals surface area (Å²) in [6.07, 6.45) is 1.53. The van der Waals surface area contributed by atoms with Crippen LogP contribution in [0.4, 0.5) is 4.79 Å². The predicted octanol–water partition coefficient (Wildman–Crippen LogP) is 0.618. The molecule has 9 nitrogen and oxygen atoms in total. The second-order valence-electron chi connectivity index (χ2n) is 6.85. The molecule has 0 bridgehead atoms. The molecule has 1 aromatic rings. The quantitative estimate of drug-likeness (QED) is 0.273. The van der Waals surface area contributed by atoms with E-state index in [4.69, 9.17) is 0 Å². The van der Waals surface area contributed by atoms with Gasteiger partial charge in [0.15, 0.2) is 9.84 Å². The zero-order chi connectivity index (χ0) is 20.3. The minimum atomic E-state index is -3.27. The lowest BCUT2D eigenvalue weighted by Gasteiger charge is -2.16. The molecule has 3 rings (SSSR count). The Hall–Kier alpha value is -2.14. The average molecular weight is 473 g/mol. The van der Waals surface area contributed by atoms with Crippen molar-refractivity contribution in [1.29, 1.82) is 0 Å². The van der Waals surface area contributed by atoms with Crippen LogP contribution < -0.4 is 21.5 Å². The van der Waals surface area contributed by atoms with E-state index in [1.807, 2.05) is 0 Å². The first-order chi connectivity index (χ1) is 13.3. The number of carbonyl (C=O) groups excluding carboxylic acids is 3. The highest BCUT2D eigenvalue weighted by atomic mass is 79.9. The summed E-state index contributed by atoms with van der Waals surface area (Å²) in [4.78, 5) is 35.3. The van der Waals surface area contributed by atoms with Crippen LogP contribution in [0.1, 0.15) is 36.0 Å². The Labute approximate surface area is 171 Å². The summed E-state index contributed by atoms with van der Waals surface area (Å²) < 4.78 is 25.1. The molecule has 0 radical (unpaired) electrons. The standard InChI is InChI=1S/C17H21BrN4O5S/c18-11-6-2-1-5-10(11)16(24)22-21-14(23)8-4-3-7-13-15-12(9-28(13,26)27)19-17(25)20-15/h1-2,5-6,12-13,15H,3-4,7-9H2,(H,21,23)(H,22,24)(H2,19,20,25)/t12-,13-,15-/m1/s1. The third-order valence-corrected chi connectivity index (χ3v) is 7.86. The molecule has 4 N–H and O–H groups in total. The molecule has 0 unspecified atom stereocenters. The minimum Gasteiger partial charge on any atom is -0.332 e. The SMILES string of the molecule is O=C(CCCC[C@@H]1[C@@H]2NC(=O)N[C@@H]2CS1(=O)=O)NNC(=O)c1ccccc1Br. The van der Waals surface area contributed by atoms with Gasteiger partial charge in [0.2, 0.25) is 5.91 Å². The van der Waals surface area contributed by atoms with Crippen LogP contribution in [0, 0.1) is 0 Å². The smallest absolute Gasteiger partial charge is 0.315 e. The number of nitrogens with one attached hydrogen (secondary N) is 4. The van der Waals surface area contributed by atoms with Gasteiger partial charge in [0, 0.05) is 10.9 Å². The molecule has 0 aromatic heterocycles. The van der Waals surface area contributed by atoms with E-state index >= 15 is 0 Å². The summed E-state index contributed by atoms with van der Waals surface area (Å²) in [7, 11) is -3.27. The minimum absolute atomic E-state index is 0.0529. The summed E-state index contributed by atoms with van der Waals surface area (Å²) in [6, 6.07) is 5.71. The fourth-order valence-electron chi connectivity index (χ4n) is 3.54. The first kappa shape index (κ1) is 20.6. The highest BCUT2D eigenvalue weighted by Gasteiger charge is 2.51. The zero-order valence-electron chi connectivity index (χ0n) is 14.9. The summed E-state index contributed by atoms with van der Waals surface area (Å²) in [6.45, 7) is 0. The number of fused-ring (bicyclic) bond motifs is 1. The van der Waals surface area contributed by atoms with Crippen molar-refractivity contribution in [2.45, 2.75) is 43.0 Å². The van der Waals surface area contributed by atoms with E-state index in [9.17, 15) is 22.8 Å². The van der Waals surface area contributed by atoms with E-state index in [0.717, 1.165) is 0 Å². The number of hydrazine groups is 1. The Bertz CT molecular complexity index is 891. The van der Waals surface area contributed by atoms with E-state index < -0.39 is 27.0 Å². The van der Waals surface area contributed by atoms with Crippen molar-refractivity contribution in [2.24, 2.45) is 0 Å². The highest BCUT2D eigenvalue weighted by Crippen LogP contribution is 2.28. The fraction of sp³-hybridized carbons (Fsp3) is 0.471. The molecule has 152 valence electrons. The lowest BCUT2D eigenvalue weighted by atomic mass is 10.0. The van der Waals surface area contributed by atoms with Crippen LogP contribution in [0.5, 0.6) is 0 Å². The van der Waals surface area contributed by atoms with Crippen molar-refractivity contribution in [3.63, 3.8) is 0 Å². The normalized spacial score (nSPS) is 24.8. The third kappa shape index (κ3) is 4.64. The summed E-state index contributed by atoms with van der Waals surface area (Å²) >= 11 is 3.27. The van der Waals surface area contributed by atoms with Gasteiger partial charge in [-0.05, 0) is 40.9 Å². The maximum absolute atomic E-state index is 12.2. The van der Waals surface area contributed by atoms with E-state index in [1.165, 1.54) is 0 Å². The second kappa shape index (κ2) is 8.48. The Morgan fingerprint density at radius 2 is 1.89 bits per heavy atom. The number of hydrogen-bond acceptors (Lipinski definition) is 5. The van der Waals surface area contributed by atoms with Crippen LogP contribution >= 0.6 is 15.9 Å². The molecule has 2 aliphatic rings. The highest BCUT2D eigenvalue weighted by molar-refractivity contribution is 9.10. The molecule has 1 aromatic carbocycles. The van der Waals surface area contributed by atoms with Gasteiger partial charge in [-0.3, -0.25) is 20.4 Å². The monoisotopic (exact) mass is 472 g/mol. The van der Waals surface area contributed by atoms with E-state index in [-0.39, 0.29) is 30.2 Å². The number of urea groups is 1. The van der Waals surface area contributed by atoms with Gasteiger partial charge < -0.3 is 10.6 Å². The molecule has 3 atom stereocenters. The molecular weight excluding hydrogens is 452 g/mol. The van der Waals surface area contributed by atoms with Crippen LogP contribution in [0.2, 0.25) is 0 Å². The van der Waals surface area contributed by atoms with E-state index in [0.29, 0.717) is 29.3 Å². The van der Waals surface area contributed by atoms with Crippen molar-refractivity contribution < 1.29 is 22.8 Å². The summed E-state index contributed by atoms with van der Waals surface area (Å²) in [5, 5.41) is 4.65. The van der Waals surface area contributed by atoms with Crippen LogP contribution in [-0.2, 0) is 14.6 Å². The van der Waals surface area contributed by atoms with Crippen LogP contribution in [-0.4, -0.2) is 49.3 Å². The number of rotatable bonds is 6. The lowest BCUT2D eigenvalue weighted by Crippen LogP contribution is -2.41. The molecule has 0 saturated carbocycles. The van der Waals surface area contributed by atoms with Gasteiger partial charge in [0.1, 0.15) is 0 Å². The van der Waals surface area contributed by atoms with Gasteiger partial charge in [-0.25, -0.2) is 13.2 Å². The molecule has 28 heavy (non-hydrogen) atoms. The second-order valence-corrected chi connectivity index (χ2v) is 9.96. The fourth-order valence-corrected chi connectivity index (χ4v) is 6.27. The number of carbonyl (C=O) groups is 3. The number of halogens is 1. The number of unbranched alkanes of at least 4 members (excludes halogenated alkanes) is 1. The van der Waals surface area contributed by atoms with E-state index in [1.54, 1.807) is 24.3 Å². The number of hydrogen-bond donors (Lipinski definition) is 4. The van der Waals surface area contributed by atoms with Crippen molar-refractivity contribution >= 4 is 43.6 Å². The molecule has 2 fully saturated rings. The molecule has 2 saturated heterocycles. The van der Waals surface area contributed by atoms with Gasteiger partial charge in [-0.1, -0.05) is 18.6 Å². The third-order valence-electron chi connectivity index (χ3n) is 4.90. The maximum Gasteiger partial charge on any atom is 0.315 e. The van der Waals surface area contributed by atoms with Crippen molar-refractivity contribution in [1.82, 2.24) is 21.5 Å². The molecule has 11 heteroatoms. The Kier molecular flexibility index (Phi) is 6.23. The maximum atomic E-state index is 12.2. The first-order valence-electron chi connectivity index (χ1n) is 8.90. The van der Waals surface area contributed by atoms with Gasteiger partial charge in [0.25, 0.3) is 5.91 Å². The molecule has 4 amide bonds. The molecule has 2 aliphatic heterocycles. The Morgan fingerprint density at radius 1 is 1.14 bits per heavy atom. The molecular formula is C17H21BrN4O5S.